The molecule has 2 heterocycles. The van der Waals surface area contributed by atoms with E-state index < -0.39 is 17.9 Å². The number of carbonyl (C=O) groups excluding carboxylic acids is 1. The second-order valence-corrected chi connectivity index (χ2v) is 4.96. The molecule has 0 bridgehead atoms. The van der Waals surface area contributed by atoms with Gasteiger partial charge in [0.2, 0.25) is 5.91 Å². The maximum atomic E-state index is 11.9. The molecule has 1 amide bonds. The smallest absolute Gasteiger partial charge is 0.311 e. The standard InChI is InChI=1S/C13H18N2O5/c1-7-9(8(2)20-15-7)3-4-12(16)14-11-6-19-5-10(11)13(17)18/h10-11H,3-6H2,1-2H3,(H,14,16)(H,17,18). The number of nitrogens with zero attached hydrogens (tertiary/aromatic N) is 1. The Labute approximate surface area is 116 Å². The Kier molecular flexibility index (Phi) is 4.39. The van der Waals surface area contributed by atoms with Crippen LogP contribution >= 0.6 is 0 Å². The minimum Gasteiger partial charge on any atom is -0.481 e. The van der Waals surface area contributed by atoms with E-state index in [1.165, 1.54) is 0 Å². The van der Waals surface area contributed by atoms with Crippen molar-refractivity contribution in [2.45, 2.75) is 32.7 Å². The highest BCUT2D eigenvalue weighted by Crippen LogP contribution is 2.16. The molecule has 7 heteroatoms. The van der Waals surface area contributed by atoms with E-state index in [4.69, 9.17) is 14.4 Å². The van der Waals surface area contributed by atoms with Crippen molar-refractivity contribution in [3.8, 4) is 0 Å². The Morgan fingerprint density at radius 1 is 1.40 bits per heavy atom. The molecular formula is C13H18N2O5. The van der Waals surface area contributed by atoms with Crippen molar-refractivity contribution in [1.29, 1.82) is 0 Å². The third-order valence-corrected chi connectivity index (χ3v) is 3.53. The number of aliphatic carboxylic acids is 1. The van der Waals surface area contributed by atoms with Crippen LogP contribution in [0.3, 0.4) is 0 Å². The van der Waals surface area contributed by atoms with Gasteiger partial charge >= 0.3 is 5.97 Å². The summed E-state index contributed by atoms with van der Waals surface area (Å²) in [4.78, 5) is 22.8. The average molecular weight is 282 g/mol. The Balaban J connectivity index is 1.85. The number of hydrogen-bond donors (Lipinski definition) is 2. The SMILES string of the molecule is Cc1noc(C)c1CCC(=O)NC1COCC1C(=O)O. The van der Waals surface area contributed by atoms with Crippen LogP contribution in [0.2, 0.25) is 0 Å². The minimum absolute atomic E-state index is 0.143. The molecule has 1 fully saturated rings. The summed E-state index contributed by atoms with van der Waals surface area (Å²) in [7, 11) is 0. The van der Waals surface area contributed by atoms with Gasteiger partial charge in [-0.05, 0) is 20.3 Å². The Hall–Kier alpha value is -1.89. The van der Waals surface area contributed by atoms with Crippen molar-refractivity contribution in [2.24, 2.45) is 5.92 Å². The lowest BCUT2D eigenvalue weighted by Crippen LogP contribution is -2.42. The van der Waals surface area contributed by atoms with Crippen molar-refractivity contribution in [2.75, 3.05) is 13.2 Å². The largest absolute Gasteiger partial charge is 0.481 e. The summed E-state index contributed by atoms with van der Waals surface area (Å²) < 4.78 is 10.1. The highest BCUT2D eigenvalue weighted by Gasteiger charge is 2.34. The monoisotopic (exact) mass is 282 g/mol. The summed E-state index contributed by atoms with van der Waals surface area (Å²) in [5.74, 6) is -1.09. The van der Waals surface area contributed by atoms with Crippen molar-refractivity contribution in [1.82, 2.24) is 10.5 Å². The number of ether oxygens (including phenoxy) is 1. The Morgan fingerprint density at radius 3 is 2.75 bits per heavy atom. The topological polar surface area (TPSA) is 102 Å². The summed E-state index contributed by atoms with van der Waals surface area (Å²) in [5, 5.41) is 15.5. The lowest BCUT2D eigenvalue weighted by atomic mass is 10.0. The molecule has 1 aromatic rings. The molecule has 2 atom stereocenters. The number of hydrogen-bond acceptors (Lipinski definition) is 5. The number of rotatable bonds is 5. The van der Waals surface area contributed by atoms with Gasteiger partial charge in [0.1, 0.15) is 11.7 Å². The van der Waals surface area contributed by atoms with E-state index in [9.17, 15) is 9.59 Å². The zero-order valence-corrected chi connectivity index (χ0v) is 11.5. The summed E-state index contributed by atoms with van der Waals surface area (Å²) in [5.41, 5.74) is 1.71. The molecule has 0 spiro atoms. The van der Waals surface area contributed by atoms with Gasteiger partial charge in [-0.15, -0.1) is 0 Å². The highest BCUT2D eigenvalue weighted by molar-refractivity contribution is 5.78. The van der Waals surface area contributed by atoms with Gasteiger partial charge in [-0.1, -0.05) is 5.16 Å². The van der Waals surface area contributed by atoms with E-state index in [0.717, 1.165) is 11.3 Å². The number of carboxylic acids is 1. The first kappa shape index (κ1) is 14.5. The number of nitrogens with one attached hydrogen (secondary N) is 1. The molecule has 2 N–H and O–H groups in total. The van der Waals surface area contributed by atoms with Gasteiger partial charge in [0.25, 0.3) is 0 Å². The number of aromatic nitrogens is 1. The summed E-state index contributed by atoms with van der Waals surface area (Å²) in [6.45, 7) is 4.02. The molecule has 2 unspecified atom stereocenters. The van der Waals surface area contributed by atoms with Crippen LogP contribution in [0.4, 0.5) is 0 Å². The molecule has 20 heavy (non-hydrogen) atoms. The fraction of sp³-hybridized carbons (Fsp3) is 0.615. The third-order valence-electron chi connectivity index (χ3n) is 3.53. The summed E-state index contributed by atoms with van der Waals surface area (Å²) in [6.07, 6.45) is 0.796. The van der Waals surface area contributed by atoms with Crippen LogP contribution in [0.15, 0.2) is 4.52 Å². The lowest BCUT2D eigenvalue weighted by Gasteiger charge is -2.15. The zero-order chi connectivity index (χ0) is 14.7. The van der Waals surface area contributed by atoms with Gasteiger partial charge in [0, 0.05) is 12.0 Å². The maximum absolute atomic E-state index is 11.9. The quantitative estimate of drug-likeness (QED) is 0.812. The van der Waals surface area contributed by atoms with Crippen LogP contribution in [0.1, 0.15) is 23.4 Å². The zero-order valence-electron chi connectivity index (χ0n) is 11.5. The van der Waals surface area contributed by atoms with Crippen LogP contribution < -0.4 is 5.32 Å². The Bertz CT molecular complexity index is 491. The molecule has 7 nitrogen and oxygen atoms in total. The van der Waals surface area contributed by atoms with Crippen molar-refractivity contribution < 1.29 is 24.0 Å². The van der Waals surface area contributed by atoms with Crippen molar-refractivity contribution in [3.05, 3.63) is 17.0 Å². The normalized spacial score (nSPS) is 21.9. The first-order valence-corrected chi connectivity index (χ1v) is 6.50. The second-order valence-electron chi connectivity index (χ2n) is 4.96. The highest BCUT2D eigenvalue weighted by atomic mass is 16.5. The number of aryl methyl sites for hydroxylation is 2. The van der Waals surface area contributed by atoms with E-state index in [1.54, 1.807) is 6.92 Å². The van der Waals surface area contributed by atoms with Crippen LogP contribution in [0.5, 0.6) is 0 Å². The van der Waals surface area contributed by atoms with Gasteiger partial charge in [-0.3, -0.25) is 9.59 Å². The fourth-order valence-electron chi connectivity index (χ4n) is 2.32. The average Bonchev–Trinajstić information content (AvgIpc) is 2.95. The molecule has 2 rings (SSSR count). The Morgan fingerprint density at radius 2 is 2.15 bits per heavy atom. The minimum atomic E-state index is -0.946. The van der Waals surface area contributed by atoms with E-state index in [0.29, 0.717) is 12.2 Å². The molecule has 110 valence electrons. The van der Waals surface area contributed by atoms with E-state index in [-0.39, 0.29) is 25.5 Å². The molecule has 1 aromatic heterocycles. The number of carboxylic acid groups (broad SMARTS) is 1. The predicted octanol–water partition coefficient (Wildman–Crippen LogP) is 0.440. The van der Waals surface area contributed by atoms with Crippen LogP contribution in [-0.4, -0.2) is 41.4 Å². The first-order valence-electron chi connectivity index (χ1n) is 6.50. The predicted molar refractivity (Wildman–Crippen MR) is 68.2 cm³/mol. The third kappa shape index (κ3) is 3.16. The molecule has 0 saturated carbocycles. The molecule has 0 radical (unpaired) electrons. The number of carbonyl (C=O) groups is 2. The molecule has 1 saturated heterocycles. The summed E-state index contributed by atoms with van der Waals surface area (Å²) >= 11 is 0. The van der Waals surface area contributed by atoms with Gasteiger partial charge in [-0.2, -0.15) is 0 Å². The first-order chi connectivity index (χ1) is 9.49. The molecule has 1 aliphatic rings. The van der Waals surface area contributed by atoms with Crippen molar-refractivity contribution in [3.63, 3.8) is 0 Å². The fourth-order valence-corrected chi connectivity index (χ4v) is 2.32. The van der Waals surface area contributed by atoms with Crippen molar-refractivity contribution >= 4 is 11.9 Å². The van der Waals surface area contributed by atoms with Crippen LogP contribution in [0.25, 0.3) is 0 Å². The van der Waals surface area contributed by atoms with Crippen LogP contribution in [0, 0.1) is 19.8 Å². The summed E-state index contributed by atoms with van der Waals surface area (Å²) in [6, 6.07) is -0.454. The van der Waals surface area contributed by atoms with Crippen LogP contribution in [-0.2, 0) is 20.7 Å². The molecule has 0 aromatic carbocycles. The lowest BCUT2D eigenvalue weighted by molar-refractivity contribution is -0.142. The molecule has 0 aliphatic carbocycles. The van der Waals surface area contributed by atoms with E-state index in [1.807, 2.05) is 6.92 Å². The van der Waals surface area contributed by atoms with Gasteiger partial charge < -0.3 is 19.7 Å². The van der Waals surface area contributed by atoms with E-state index >= 15 is 0 Å². The molecular weight excluding hydrogens is 264 g/mol. The van der Waals surface area contributed by atoms with Gasteiger partial charge in [0.05, 0.1) is 24.9 Å². The molecule has 1 aliphatic heterocycles. The second kappa shape index (κ2) is 6.04. The number of amides is 1. The van der Waals surface area contributed by atoms with Gasteiger partial charge in [0.15, 0.2) is 0 Å². The van der Waals surface area contributed by atoms with E-state index in [2.05, 4.69) is 10.5 Å². The maximum Gasteiger partial charge on any atom is 0.311 e. The van der Waals surface area contributed by atoms with Gasteiger partial charge in [-0.25, -0.2) is 0 Å².